The molecule has 3 heterocycles. The summed E-state index contributed by atoms with van der Waals surface area (Å²) in [6, 6.07) is 2.18. The molecule has 0 bridgehead atoms. The molecule has 4 N–H and O–H groups in total. The van der Waals surface area contributed by atoms with Gasteiger partial charge in [0.1, 0.15) is 17.5 Å². The van der Waals surface area contributed by atoms with Gasteiger partial charge in [-0.3, -0.25) is 5.10 Å². The molecular formula is C15H13N7. The average Bonchev–Trinajstić information content (AvgIpc) is 3.14. The summed E-state index contributed by atoms with van der Waals surface area (Å²) in [7, 11) is 0. The van der Waals surface area contributed by atoms with Crippen LogP contribution in [0.5, 0.6) is 0 Å². The van der Waals surface area contributed by atoms with E-state index in [0.29, 0.717) is 5.56 Å². The molecule has 0 radical (unpaired) electrons. The number of hydrogen-bond acceptors (Lipinski definition) is 5. The lowest BCUT2D eigenvalue weighted by Crippen LogP contribution is -2.11. The number of anilines is 1. The van der Waals surface area contributed by atoms with E-state index in [2.05, 4.69) is 31.2 Å². The summed E-state index contributed by atoms with van der Waals surface area (Å²) in [5, 5.41) is 16.6. The summed E-state index contributed by atoms with van der Waals surface area (Å²) in [6.07, 6.45) is 4.98. The van der Waals surface area contributed by atoms with Crippen LogP contribution in [0.4, 0.5) is 5.82 Å². The van der Waals surface area contributed by atoms with Gasteiger partial charge in [-0.25, -0.2) is 9.97 Å². The van der Waals surface area contributed by atoms with Gasteiger partial charge in [-0.05, 0) is 25.3 Å². The first-order chi connectivity index (χ1) is 10.7. The Morgan fingerprint density at radius 3 is 2.91 bits per heavy atom. The van der Waals surface area contributed by atoms with Gasteiger partial charge in [0.25, 0.3) is 0 Å². The van der Waals surface area contributed by atoms with E-state index in [0.717, 1.165) is 52.3 Å². The second kappa shape index (κ2) is 4.43. The van der Waals surface area contributed by atoms with Crippen molar-refractivity contribution in [3.8, 4) is 28.6 Å². The van der Waals surface area contributed by atoms with Crippen molar-refractivity contribution in [2.24, 2.45) is 0 Å². The van der Waals surface area contributed by atoms with E-state index >= 15 is 0 Å². The zero-order valence-corrected chi connectivity index (χ0v) is 11.9. The maximum Gasteiger partial charge on any atom is 0.142 e. The fraction of sp³-hybridized carbons (Fsp3) is 0.200. The summed E-state index contributed by atoms with van der Waals surface area (Å²) in [5.41, 5.74) is 12.7. The molecule has 0 saturated carbocycles. The number of fused-ring (bicyclic) bond motifs is 3. The van der Waals surface area contributed by atoms with Crippen molar-refractivity contribution < 1.29 is 0 Å². The quantitative estimate of drug-likeness (QED) is 0.630. The number of rotatable bonds is 1. The van der Waals surface area contributed by atoms with Crippen molar-refractivity contribution in [2.75, 3.05) is 5.73 Å². The molecule has 0 saturated heterocycles. The molecule has 3 aromatic heterocycles. The lowest BCUT2D eigenvalue weighted by atomic mass is 9.87. The Labute approximate surface area is 126 Å². The van der Waals surface area contributed by atoms with Crippen LogP contribution in [-0.2, 0) is 12.8 Å². The van der Waals surface area contributed by atoms with Crippen LogP contribution in [0, 0.1) is 18.3 Å². The second-order valence-electron chi connectivity index (χ2n) is 5.32. The number of nitrogens with zero attached hydrogens (tertiary/aromatic N) is 4. The van der Waals surface area contributed by atoms with Gasteiger partial charge in [-0.2, -0.15) is 10.4 Å². The molecule has 0 fully saturated rings. The van der Waals surface area contributed by atoms with Gasteiger partial charge in [0.15, 0.2) is 0 Å². The summed E-state index contributed by atoms with van der Waals surface area (Å²) in [4.78, 5) is 11.9. The van der Waals surface area contributed by atoms with Crippen LogP contribution >= 0.6 is 0 Å². The number of nitriles is 1. The number of pyridine rings is 1. The molecule has 3 aromatic rings. The highest BCUT2D eigenvalue weighted by Gasteiger charge is 2.27. The molecule has 108 valence electrons. The molecule has 22 heavy (non-hydrogen) atoms. The Morgan fingerprint density at radius 1 is 1.32 bits per heavy atom. The summed E-state index contributed by atoms with van der Waals surface area (Å²) < 4.78 is 0. The van der Waals surface area contributed by atoms with Gasteiger partial charge in [-0.15, -0.1) is 0 Å². The molecular weight excluding hydrogens is 278 g/mol. The first-order valence-electron chi connectivity index (χ1n) is 6.96. The fourth-order valence-electron chi connectivity index (χ4n) is 3.05. The molecule has 0 amide bonds. The van der Waals surface area contributed by atoms with Crippen LogP contribution in [0.25, 0.3) is 22.5 Å². The third-order valence-corrected chi connectivity index (χ3v) is 4.10. The second-order valence-corrected chi connectivity index (χ2v) is 5.32. The monoisotopic (exact) mass is 291 g/mol. The first-order valence-corrected chi connectivity index (χ1v) is 6.96. The summed E-state index contributed by atoms with van der Waals surface area (Å²) in [5.74, 6) is 0.229. The van der Waals surface area contributed by atoms with Crippen molar-refractivity contribution in [1.82, 2.24) is 25.1 Å². The molecule has 0 unspecified atom stereocenters. The first kappa shape index (κ1) is 12.6. The number of aryl methyl sites for hydroxylation is 2. The molecule has 0 aliphatic heterocycles. The Bertz CT molecular complexity index is 926. The SMILES string of the molecule is Cc1[nH]cnc1-c1c(C#N)c(N)nc2c1CCc1[nH]ncc1-2. The van der Waals surface area contributed by atoms with E-state index in [1.807, 2.05) is 6.92 Å². The van der Waals surface area contributed by atoms with Crippen molar-refractivity contribution >= 4 is 5.82 Å². The number of nitrogens with two attached hydrogens (primary N) is 1. The molecule has 1 aliphatic rings. The number of nitrogens with one attached hydrogen (secondary N) is 2. The van der Waals surface area contributed by atoms with Crippen molar-refractivity contribution in [3.63, 3.8) is 0 Å². The van der Waals surface area contributed by atoms with Gasteiger partial charge in [0.05, 0.1) is 23.9 Å². The van der Waals surface area contributed by atoms with Gasteiger partial charge in [0.2, 0.25) is 0 Å². The number of aromatic nitrogens is 5. The molecule has 0 aromatic carbocycles. The maximum absolute atomic E-state index is 9.52. The zero-order chi connectivity index (χ0) is 15.3. The van der Waals surface area contributed by atoms with E-state index in [-0.39, 0.29) is 5.82 Å². The van der Waals surface area contributed by atoms with Crippen molar-refractivity contribution in [1.29, 1.82) is 5.26 Å². The number of hydrogen-bond donors (Lipinski definition) is 3. The van der Waals surface area contributed by atoms with E-state index in [1.165, 1.54) is 0 Å². The van der Waals surface area contributed by atoms with Crippen LogP contribution in [0.1, 0.15) is 22.5 Å². The highest BCUT2D eigenvalue weighted by atomic mass is 15.1. The maximum atomic E-state index is 9.52. The van der Waals surface area contributed by atoms with Crippen LogP contribution < -0.4 is 5.73 Å². The van der Waals surface area contributed by atoms with E-state index in [9.17, 15) is 5.26 Å². The Morgan fingerprint density at radius 2 is 2.18 bits per heavy atom. The predicted molar refractivity (Wildman–Crippen MR) is 80.7 cm³/mol. The predicted octanol–water partition coefficient (Wildman–Crippen LogP) is 1.72. The zero-order valence-electron chi connectivity index (χ0n) is 11.9. The largest absolute Gasteiger partial charge is 0.383 e. The smallest absolute Gasteiger partial charge is 0.142 e. The number of H-pyrrole nitrogens is 2. The highest BCUT2D eigenvalue weighted by Crippen LogP contribution is 2.40. The summed E-state index contributed by atoms with van der Waals surface area (Å²) in [6.45, 7) is 1.93. The van der Waals surface area contributed by atoms with Crippen molar-refractivity contribution in [2.45, 2.75) is 19.8 Å². The molecule has 0 spiro atoms. The van der Waals surface area contributed by atoms with Crippen LogP contribution in [0.2, 0.25) is 0 Å². The van der Waals surface area contributed by atoms with E-state index in [1.54, 1.807) is 12.5 Å². The standard InChI is InChI=1S/C15H13N7/c1-7-13(19-6-18-7)12-8-2-3-11-10(5-20-22-11)14(8)21-15(17)9(12)4-16/h5-6H,2-3H2,1H3,(H2,17,21)(H,18,19)(H,20,22). The Balaban J connectivity index is 2.11. The Hall–Kier alpha value is -3.14. The molecule has 7 heteroatoms. The third kappa shape index (κ3) is 1.58. The number of imidazole rings is 1. The molecule has 1 aliphatic carbocycles. The van der Waals surface area contributed by atoms with E-state index < -0.39 is 0 Å². The Kier molecular flexibility index (Phi) is 2.53. The highest BCUT2D eigenvalue weighted by molar-refractivity contribution is 5.85. The molecule has 0 atom stereocenters. The molecule has 7 nitrogen and oxygen atoms in total. The van der Waals surface area contributed by atoms with Crippen LogP contribution in [0.3, 0.4) is 0 Å². The van der Waals surface area contributed by atoms with Gasteiger partial charge >= 0.3 is 0 Å². The minimum Gasteiger partial charge on any atom is -0.383 e. The van der Waals surface area contributed by atoms with Gasteiger partial charge < -0.3 is 10.7 Å². The lowest BCUT2D eigenvalue weighted by Gasteiger charge is -2.20. The minimum atomic E-state index is 0.229. The lowest BCUT2D eigenvalue weighted by molar-refractivity contribution is 0.875. The van der Waals surface area contributed by atoms with Gasteiger partial charge in [0, 0.05) is 22.5 Å². The van der Waals surface area contributed by atoms with E-state index in [4.69, 9.17) is 5.73 Å². The third-order valence-electron chi connectivity index (χ3n) is 4.10. The normalized spacial score (nSPS) is 12.5. The van der Waals surface area contributed by atoms with Crippen LogP contribution in [-0.4, -0.2) is 25.1 Å². The topological polar surface area (TPSA) is 120 Å². The van der Waals surface area contributed by atoms with Crippen LogP contribution in [0.15, 0.2) is 12.5 Å². The summed E-state index contributed by atoms with van der Waals surface area (Å²) >= 11 is 0. The minimum absolute atomic E-state index is 0.229. The van der Waals surface area contributed by atoms with Gasteiger partial charge in [-0.1, -0.05) is 0 Å². The average molecular weight is 291 g/mol. The molecule has 4 rings (SSSR count). The number of nitrogen functional groups attached to an aromatic ring is 1. The van der Waals surface area contributed by atoms with Crippen molar-refractivity contribution in [3.05, 3.63) is 35.0 Å². The number of aromatic amines is 2. The fourth-order valence-corrected chi connectivity index (χ4v) is 3.05.